The van der Waals surface area contributed by atoms with Gasteiger partial charge in [0.1, 0.15) is 10.7 Å². The molecule has 4 nitrogen and oxygen atoms in total. The van der Waals surface area contributed by atoms with Gasteiger partial charge in [-0.1, -0.05) is 23.7 Å². The highest BCUT2D eigenvalue weighted by Gasteiger charge is 2.25. The van der Waals surface area contributed by atoms with Gasteiger partial charge in [-0.05, 0) is 48.7 Å². The van der Waals surface area contributed by atoms with E-state index in [0.717, 1.165) is 25.2 Å². The van der Waals surface area contributed by atoms with Gasteiger partial charge in [-0.15, -0.1) is 0 Å². The number of halogens is 2. The summed E-state index contributed by atoms with van der Waals surface area (Å²) >= 11 is 5.96. The zero-order valence-corrected chi connectivity index (χ0v) is 14.5. The lowest BCUT2D eigenvalue weighted by Gasteiger charge is -2.19. The van der Waals surface area contributed by atoms with E-state index in [-0.39, 0.29) is 21.7 Å². The number of hydrogen-bond acceptors (Lipinski definition) is 3. The van der Waals surface area contributed by atoms with Crippen LogP contribution in [0, 0.1) is 11.7 Å². The lowest BCUT2D eigenvalue weighted by atomic mass is 10.1. The van der Waals surface area contributed by atoms with E-state index in [1.165, 1.54) is 18.2 Å². The van der Waals surface area contributed by atoms with Crippen LogP contribution in [0.1, 0.15) is 6.42 Å². The SMILES string of the molecule is O=S(=O)(NCC1CCN(c2ccc(F)cc2)C1)c1ccccc1Cl. The lowest BCUT2D eigenvalue weighted by Crippen LogP contribution is -2.31. The maximum absolute atomic E-state index is 13.0. The van der Waals surface area contributed by atoms with Gasteiger partial charge in [-0.2, -0.15) is 0 Å². The molecule has 0 amide bonds. The average Bonchev–Trinajstić information content (AvgIpc) is 3.03. The Morgan fingerprint density at radius 3 is 2.58 bits per heavy atom. The Kier molecular flexibility index (Phi) is 5.08. The molecular formula is C17H18ClFN2O2S. The molecule has 1 saturated heterocycles. The van der Waals surface area contributed by atoms with Gasteiger partial charge in [-0.3, -0.25) is 0 Å². The van der Waals surface area contributed by atoms with Crippen molar-refractivity contribution in [3.8, 4) is 0 Å². The molecule has 0 saturated carbocycles. The molecule has 1 aliphatic rings. The molecule has 1 aliphatic heterocycles. The second-order valence-corrected chi connectivity index (χ2v) is 8.00. The molecule has 1 fully saturated rings. The van der Waals surface area contributed by atoms with Crippen LogP contribution in [0.15, 0.2) is 53.4 Å². The van der Waals surface area contributed by atoms with Gasteiger partial charge < -0.3 is 4.90 Å². The molecule has 7 heteroatoms. The first-order valence-corrected chi connectivity index (χ1v) is 9.56. The van der Waals surface area contributed by atoms with Gasteiger partial charge >= 0.3 is 0 Å². The minimum atomic E-state index is -3.62. The van der Waals surface area contributed by atoms with Crippen molar-refractivity contribution in [3.63, 3.8) is 0 Å². The van der Waals surface area contributed by atoms with Gasteiger partial charge in [-0.25, -0.2) is 17.5 Å². The molecule has 128 valence electrons. The first-order chi connectivity index (χ1) is 11.5. The third kappa shape index (κ3) is 3.88. The van der Waals surface area contributed by atoms with E-state index < -0.39 is 10.0 Å². The van der Waals surface area contributed by atoms with Crippen LogP contribution in [-0.2, 0) is 10.0 Å². The van der Waals surface area contributed by atoms with E-state index in [2.05, 4.69) is 9.62 Å². The zero-order chi connectivity index (χ0) is 17.2. The number of rotatable bonds is 5. The fourth-order valence-corrected chi connectivity index (χ4v) is 4.49. The van der Waals surface area contributed by atoms with Gasteiger partial charge in [0.15, 0.2) is 0 Å². The molecular weight excluding hydrogens is 351 g/mol. The van der Waals surface area contributed by atoms with Gasteiger partial charge in [0.25, 0.3) is 0 Å². The molecule has 0 bridgehead atoms. The summed E-state index contributed by atoms with van der Waals surface area (Å²) in [7, 11) is -3.62. The quantitative estimate of drug-likeness (QED) is 0.881. The number of nitrogens with zero attached hydrogens (tertiary/aromatic N) is 1. The average molecular weight is 369 g/mol. The first kappa shape index (κ1) is 17.2. The summed E-state index contributed by atoms with van der Waals surface area (Å²) in [5.41, 5.74) is 0.952. The maximum atomic E-state index is 13.0. The van der Waals surface area contributed by atoms with Crippen molar-refractivity contribution in [2.75, 3.05) is 24.5 Å². The van der Waals surface area contributed by atoms with E-state index in [0.29, 0.717) is 6.54 Å². The summed E-state index contributed by atoms with van der Waals surface area (Å²) in [5.74, 6) is -0.0608. The van der Waals surface area contributed by atoms with Gasteiger partial charge in [0.2, 0.25) is 10.0 Å². The van der Waals surface area contributed by atoms with Crippen LogP contribution in [-0.4, -0.2) is 28.1 Å². The Labute approximate surface area is 146 Å². The number of benzene rings is 2. The van der Waals surface area contributed by atoms with Crippen molar-refractivity contribution in [3.05, 3.63) is 59.4 Å². The van der Waals surface area contributed by atoms with Crippen molar-refractivity contribution in [1.82, 2.24) is 4.72 Å². The molecule has 0 aromatic heterocycles. The molecule has 2 aromatic carbocycles. The fraction of sp³-hybridized carbons (Fsp3) is 0.294. The monoisotopic (exact) mass is 368 g/mol. The van der Waals surface area contributed by atoms with E-state index in [1.54, 1.807) is 30.3 Å². The second-order valence-electron chi connectivity index (χ2n) is 5.86. The molecule has 0 radical (unpaired) electrons. The number of anilines is 1. The van der Waals surface area contributed by atoms with Crippen molar-refractivity contribution in [2.45, 2.75) is 11.3 Å². The maximum Gasteiger partial charge on any atom is 0.242 e. The second kappa shape index (κ2) is 7.09. The van der Waals surface area contributed by atoms with Crippen molar-refractivity contribution in [1.29, 1.82) is 0 Å². The van der Waals surface area contributed by atoms with Crippen LogP contribution < -0.4 is 9.62 Å². The topological polar surface area (TPSA) is 49.4 Å². The Hall–Kier alpha value is -1.63. The first-order valence-electron chi connectivity index (χ1n) is 7.70. The van der Waals surface area contributed by atoms with Gasteiger partial charge in [0.05, 0.1) is 5.02 Å². The third-order valence-electron chi connectivity index (χ3n) is 4.17. The normalized spacial score (nSPS) is 18.1. The lowest BCUT2D eigenvalue weighted by molar-refractivity contribution is 0.541. The Morgan fingerprint density at radius 2 is 1.88 bits per heavy atom. The fourth-order valence-electron chi connectivity index (χ4n) is 2.85. The molecule has 0 spiro atoms. The van der Waals surface area contributed by atoms with Crippen LogP contribution in [0.3, 0.4) is 0 Å². The number of sulfonamides is 1. The Balaban J connectivity index is 1.60. The standard InChI is InChI=1S/C17H18ClFN2O2S/c18-16-3-1-2-4-17(16)24(22,23)20-11-13-9-10-21(12-13)15-7-5-14(19)6-8-15/h1-8,13,20H,9-12H2. The molecule has 1 N–H and O–H groups in total. The van der Waals surface area contributed by atoms with Crippen LogP contribution in [0.25, 0.3) is 0 Å². The summed E-state index contributed by atoms with van der Waals surface area (Å²) in [6.07, 6.45) is 0.877. The molecule has 1 atom stereocenters. The summed E-state index contributed by atoms with van der Waals surface area (Å²) in [6.45, 7) is 1.91. The van der Waals surface area contributed by atoms with E-state index >= 15 is 0 Å². The minimum Gasteiger partial charge on any atom is -0.371 e. The van der Waals surface area contributed by atoms with Crippen molar-refractivity contribution < 1.29 is 12.8 Å². The van der Waals surface area contributed by atoms with Crippen molar-refractivity contribution >= 4 is 27.3 Å². The highest BCUT2D eigenvalue weighted by Crippen LogP contribution is 2.25. The van der Waals surface area contributed by atoms with Crippen LogP contribution >= 0.6 is 11.6 Å². The molecule has 24 heavy (non-hydrogen) atoms. The minimum absolute atomic E-state index is 0.0973. The van der Waals surface area contributed by atoms with Crippen LogP contribution in [0.4, 0.5) is 10.1 Å². The molecule has 1 unspecified atom stereocenters. The van der Waals surface area contributed by atoms with E-state index in [4.69, 9.17) is 11.6 Å². The van der Waals surface area contributed by atoms with Crippen LogP contribution in [0.2, 0.25) is 5.02 Å². The Bertz CT molecular complexity index is 812. The predicted octanol–water partition coefficient (Wildman–Crippen LogP) is 3.28. The number of nitrogens with one attached hydrogen (secondary N) is 1. The van der Waals surface area contributed by atoms with E-state index in [1.807, 2.05) is 0 Å². The number of hydrogen-bond donors (Lipinski definition) is 1. The molecule has 2 aromatic rings. The third-order valence-corrected chi connectivity index (χ3v) is 6.09. The molecule has 0 aliphatic carbocycles. The summed E-state index contributed by atoms with van der Waals surface area (Å²) in [6, 6.07) is 12.7. The summed E-state index contributed by atoms with van der Waals surface area (Å²) < 4.78 is 40.3. The largest absolute Gasteiger partial charge is 0.371 e. The van der Waals surface area contributed by atoms with Gasteiger partial charge in [0, 0.05) is 25.3 Å². The molecule has 3 rings (SSSR count). The molecule has 1 heterocycles. The summed E-state index contributed by atoms with van der Waals surface area (Å²) in [4.78, 5) is 2.23. The predicted molar refractivity (Wildman–Crippen MR) is 93.4 cm³/mol. The smallest absolute Gasteiger partial charge is 0.242 e. The highest BCUT2D eigenvalue weighted by molar-refractivity contribution is 7.89. The highest BCUT2D eigenvalue weighted by atomic mass is 35.5. The summed E-state index contributed by atoms with van der Waals surface area (Å²) in [5, 5.41) is 0.212. The zero-order valence-electron chi connectivity index (χ0n) is 13.0. The van der Waals surface area contributed by atoms with E-state index in [9.17, 15) is 12.8 Å². The van der Waals surface area contributed by atoms with Crippen LogP contribution in [0.5, 0.6) is 0 Å². The Morgan fingerprint density at radius 1 is 1.17 bits per heavy atom. The van der Waals surface area contributed by atoms with Crippen molar-refractivity contribution in [2.24, 2.45) is 5.92 Å².